The fraction of sp³-hybridized carbons (Fsp3) is 0. The molecule has 9 aromatic carbocycles. The lowest BCUT2D eigenvalue weighted by Crippen LogP contribution is -2.03. The van der Waals surface area contributed by atoms with Gasteiger partial charge < -0.3 is 0 Å². The molecule has 0 saturated carbocycles. The van der Waals surface area contributed by atoms with Gasteiger partial charge in [-0.2, -0.15) is 0 Å². The summed E-state index contributed by atoms with van der Waals surface area (Å²) in [4.78, 5) is 0. The van der Waals surface area contributed by atoms with Crippen LogP contribution in [-0.2, 0) is 0 Å². The Morgan fingerprint density at radius 1 is 0.121 bits per heavy atom. The first-order valence-electron chi connectivity index (χ1n) is 19.9. The second-order valence-electron chi connectivity index (χ2n) is 15.5. The van der Waals surface area contributed by atoms with Gasteiger partial charge in [0.05, 0.1) is 33.4 Å². The van der Waals surface area contributed by atoms with Crippen LogP contribution in [0.5, 0.6) is 0 Å². The van der Waals surface area contributed by atoms with E-state index in [0.717, 1.165) is 0 Å². The van der Waals surface area contributed by atoms with Crippen molar-refractivity contribution in [2.75, 3.05) is 0 Å². The van der Waals surface area contributed by atoms with Gasteiger partial charge in [-0.1, -0.05) is 146 Å². The van der Waals surface area contributed by atoms with Crippen molar-refractivity contribution < 1.29 is 52.7 Å². The normalized spacial score (nSPS) is 11.6. The van der Waals surface area contributed by atoms with Crippen LogP contribution in [-0.4, -0.2) is 0 Å². The number of benzene rings is 9. The lowest BCUT2D eigenvalue weighted by molar-refractivity contribution is 0.440. The van der Waals surface area contributed by atoms with E-state index in [1.807, 2.05) is 0 Å². The Morgan fingerprint density at radius 2 is 0.227 bits per heavy atom. The molecule has 0 aliphatic heterocycles. The van der Waals surface area contributed by atoms with Crippen molar-refractivity contribution in [3.05, 3.63) is 215 Å². The molecule has 9 aromatic rings. The van der Waals surface area contributed by atoms with Crippen molar-refractivity contribution in [1.82, 2.24) is 0 Å². The zero-order valence-electron chi connectivity index (χ0n) is 33.4. The predicted molar refractivity (Wildman–Crippen MR) is 228 cm³/mol. The number of hydrogen-bond acceptors (Lipinski definition) is 0. The van der Waals surface area contributed by atoms with Gasteiger partial charge >= 0.3 is 0 Å². The van der Waals surface area contributed by atoms with Crippen LogP contribution in [0.15, 0.2) is 146 Å². The summed E-state index contributed by atoms with van der Waals surface area (Å²) in [6.45, 7) is 0. The predicted octanol–water partition coefficient (Wildman–Crippen LogP) is 16.7. The molecule has 0 radical (unpaired) electrons. The largest absolute Gasteiger partial charge is 0.205 e. The van der Waals surface area contributed by atoms with Crippen LogP contribution < -0.4 is 0 Å². The minimum absolute atomic E-state index is 0.172. The molecule has 0 saturated heterocycles. The third-order valence-corrected chi connectivity index (χ3v) is 11.8. The van der Waals surface area contributed by atoms with Crippen LogP contribution in [0.4, 0.5) is 52.7 Å². The molecule has 66 heavy (non-hydrogen) atoms. The topological polar surface area (TPSA) is 0 Å². The quantitative estimate of drug-likeness (QED) is 0.0808. The van der Waals surface area contributed by atoms with E-state index in [0.29, 0.717) is 33.4 Å². The zero-order chi connectivity index (χ0) is 46.3. The van der Waals surface area contributed by atoms with Gasteiger partial charge in [-0.3, -0.25) is 0 Å². The van der Waals surface area contributed by atoms with Crippen LogP contribution in [0.1, 0.15) is 0 Å². The van der Waals surface area contributed by atoms with Gasteiger partial charge in [-0.05, 0) is 66.8 Å². The van der Waals surface area contributed by atoms with Crippen molar-refractivity contribution in [3.8, 4) is 100 Å². The summed E-state index contributed by atoms with van der Waals surface area (Å²) >= 11 is 0. The molecule has 19 rings (SSSR count). The average molecular weight is 901 g/mol. The SMILES string of the molecule is Fc1c(F)c2c(F)c(c1F)-c1ccc(cc1)-c1ccc(cc1)-c1c(F)c(F)c(F)c(c1F)-c1ccc(cc1)-c1ccc(cc1)-c1c(F)c(F)c(F)c(c1F)-c1ccc(cc1)-c1ccc-2cc1. The van der Waals surface area contributed by atoms with Gasteiger partial charge in [0, 0.05) is 0 Å². The standard InChI is InChI=1S/C54H24F12/c55-43-37-31-13-1-25(2-14-31)26-3-15-32(16-4-26)39-44(56)40(49(61)53(65)48(39)60)34-19-7-29(8-20-34)30-11-23-36(24-12-30)42-45(57)41(50(62)54(66)51(42)63)35-21-9-28(10-22-35)27-5-17-33(18-6-27)38(43)47(59)52(64)46(37)58/h1-24H. The highest BCUT2D eigenvalue weighted by molar-refractivity contribution is 5.83. The van der Waals surface area contributed by atoms with E-state index in [2.05, 4.69) is 0 Å². The van der Waals surface area contributed by atoms with Crippen molar-refractivity contribution in [3.63, 3.8) is 0 Å². The first-order chi connectivity index (χ1) is 31.7. The molecular weight excluding hydrogens is 877 g/mol. The van der Waals surface area contributed by atoms with Gasteiger partial charge in [-0.25, -0.2) is 52.7 Å². The highest BCUT2D eigenvalue weighted by atomic mass is 19.2. The van der Waals surface area contributed by atoms with Crippen LogP contribution in [0, 0.1) is 69.8 Å². The van der Waals surface area contributed by atoms with Crippen molar-refractivity contribution in [2.45, 2.75) is 0 Å². The molecule has 12 heteroatoms. The van der Waals surface area contributed by atoms with E-state index in [9.17, 15) is 0 Å². The molecule has 0 amide bonds. The lowest BCUT2D eigenvalue weighted by atomic mass is 9.93. The van der Waals surface area contributed by atoms with Crippen LogP contribution in [0.2, 0.25) is 0 Å². The molecule has 0 unspecified atom stereocenters. The summed E-state index contributed by atoms with van der Waals surface area (Å²) in [7, 11) is 0. The van der Waals surface area contributed by atoms with Crippen molar-refractivity contribution >= 4 is 0 Å². The van der Waals surface area contributed by atoms with E-state index < -0.39 is 103 Å². The zero-order valence-corrected chi connectivity index (χ0v) is 33.4. The number of rotatable bonds is 0. The van der Waals surface area contributed by atoms with Gasteiger partial charge in [0.2, 0.25) is 0 Å². The second-order valence-corrected chi connectivity index (χ2v) is 15.5. The average Bonchev–Trinajstić information content (AvgIpc) is 3.33. The van der Waals surface area contributed by atoms with Crippen LogP contribution >= 0.6 is 0 Å². The van der Waals surface area contributed by atoms with E-state index >= 15 is 52.7 Å². The third kappa shape index (κ3) is 6.66. The van der Waals surface area contributed by atoms with Gasteiger partial charge in [-0.15, -0.1) is 0 Å². The molecule has 0 aromatic heterocycles. The summed E-state index contributed by atoms with van der Waals surface area (Å²) in [5.74, 6) is -20.8. The van der Waals surface area contributed by atoms with Crippen LogP contribution in [0.25, 0.3) is 100 Å². The highest BCUT2D eigenvalue weighted by Crippen LogP contribution is 2.43. The molecule has 10 aliphatic carbocycles. The Hall–Kier alpha value is -7.86. The monoisotopic (exact) mass is 900 g/mol. The Bertz CT molecular complexity index is 2830. The lowest BCUT2D eigenvalue weighted by Gasteiger charge is -2.15. The fourth-order valence-corrected chi connectivity index (χ4v) is 8.40. The van der Waals surface area contributed by atoms with Crippen molar-refractivity contribution in [2.24, 2.45) is 0 Å². The molecule has 0 N–H and O–H groups in total. The maximum atomic E-state index is 16.2. The molecule has 324 valence electrons. The van der Waals surface area contributed by atoms with Gasteiger partial charge in [0.15, 0.2) is 52.4 Å². The van der Waals surface area contributed by atoms with Crippen molar-refractivity contribution in [1.29, 1.82) is 0 Å². The first-order valence-corrected chi connectivity index (χ1v) is 19.9. The summed E-state index contributed by atoms with van der Waals surface area (Å²) in [6.07, 6.45) is 0. The Balaban J connectivity index is 1.14. The number of halogens is 12. The second kappa shape index (κ2) is 16.0. The molecule has 0 heterocycles. The molecule has 0 spiro atoms. The molecule has 18 bridgehead atoms. The fourth-order valence-electron chi connectivity index (χ4n) is 8.40. The minimum Gasteiger partial charge on any atom is -0.205 e. The van der Waals surface area contributed by atoms with Crippen LogP contribution in [0.3, 0.4) is 0 Å². The third-order valence-electron chi connectivity index (χ3n) is 11.8. The highest BCUT2D eigenvalue weighted by Gasteiger charge is 2.30. The maximum Gasteiger partial charge on any atom is 0.195 e. The number of hydrogen-bond donors (Lipinski definition) is 0. The van der Waals surface area contributed by atoms with Gasteiger partial charge in [0.1, 0.15) is 17.5 Å². The Morgan fingerprint density at radius 3 is 0.348 bits per heavy atom. The maximum absolute atomic E-state index is 16.2. The van der Waals surface area contributed by atoms with E-state index in [4.69, 9.17) is 0 Å². The molecule has 10 aliphatic rings. The van der Waals surface area contributed by atoms with Gasteiger partial charge in [0.25, 0.3) is 0 Å². The molecule has 0 atom stereocenters. The summed E-state index contributed by atoms with van der Waals surface area (Å²) in [5.41, 5.74) is -3.77. The summed E-state index contributed by atoms with van der Waals surface area (Å²) < 4.78 is 187. The van der Waals surface area contributed by atoms with E-state index in [1.165, 1.54) is 146 Å². The van der Waals surface area contributed by atoms with E-state index in [-0.39, 0.29) is 33.4 Å². The first kappa shape index (κ1) is 42.1. The summed E-state index contributed by atoms with van der Waals surface area (Å²) in [5, 5.41) is 0. The summed E-state index contributed by atoms with van der Waals surface area (Å²) in [6, 6.07) is 32.0. The molecule has 0 nitrogen and oxygen atoms in total. The molecular formula is C54H24F12. The Kier molecular flexibility index (Phi) is 10.2. The van der Waals surface area contributed by atoms with E-state index in [1.54, 1.807) is 0 Å². The minimum atomic E-state index is -1.94. The Labute approximate surface area is 367 Å². The smallest absolute Gasteiger partial charge is 0.195 e. The molecule has 0 fully saturated rings.